The molecule has 0 amide bonds. The molecular formula is C15H11F3N4. The predicted molar refractivity (Wildman–Crippen MR) is 74.3 cm³/mol. The maximum Gasteiger partial charge on any atom is 0.416 e. The van der Waals surface area contributed by atoms with Gasteiger partial charge < -0.3 is 0 Å². The van der Waals surface area contributed by atoms with Gasteiger partial charge in [0, 0.05) is 24.2 Å². The van der Waals surface area contributed by atoms with Gasteiger partial charge in [-0.3, -0.25) is 9.97 Å². The highest BCUT2D eigenvalue weighted by atomic mass is 19.4. The molecule has 0 aliphatic heterocycles. The summed E-state index contributed by atoms with van der Waals surface area (Å²) < 4.78 is 40.0. The Morgan fingerprint density at radius 2 is 1.95 bits per heavy atom. The largest absolute Gasteiger partial charge is 0.416 e. The van der Waals surface area contributed by atoms with Crippen molar-refractivity contribution >= 4 is 0 Å². The third-order valence-corrected chi connectivity index (χ3v) is 3.17. The molecule has 3 rings (SSSR count). The van der Waals surface area contributed by atoms with Crippen LogP contribution in [0.2, 0.25) is 0 Å². The second-order valence-electron chi connectivity index (χ2n) is 4.71. The van der Waals surface area contributed by atoms with Gasteiger partial charge in [0.1, 0.15) is 0 Å². The molecule has 7 heteroatoms. The third kappa shape index (κ3) is 2.69. The second-order valence-corrected chi connectivity index (χ2v) is 4.71. The molecule has 0 aliphatic carbocycles. The van der Waals surface area contributed by atoms with Gasteiger partial charge in [0.15, 0.2) is 0 Å². The molecule has 0 aliphatic rings. The van der Waals surface area contributed by atoms with E-state index in [1.54, 1.807) is 36.3 Å². The zero-order chi connectivity index (χ0) is 15.7. The normalized spacial score (nSPS) is 11.6. The maximum atomic E-state index is 12.8. The van der Waals surface area contributed by atoms with Crippen LogP contribution in [0.1, 0.15) is 11.3 Å². The van der Waals surface area contributed by atoms with Crippen LogP contribution in [0, 0.1) is 6.92 Å². The Labute approximate surface area is 124 Å². The van der Waals surface area contributed by atoms with E-state index in [1.165, 1.54) is 0 Å². The molecule has 0 unspecified atom stereocenters. The number of alkyl halides is 3. The van der Waals surface area contributed by atoms with E-state index in [0.717, 1.165) is 24.0 Å². The van der Waals surface area contributed by atoms with Crippen LogP contribution in [0.5, 0.6) is 0 Å². The smallest absolute Gasteiger partial charge is 0.262 e. The van der Waals surface area contributed by atoms with Crippen molar-refractivity contribution in [2.45, 2.75) is 13.1 Å². The van der Waals surface area contributed by atoms with Gasteiger partial charge in [-0.1, -0.05) is 0 Å². The van der Waals surface area contributed by atoms with E-state index in [9.17, 15) is 13.2 Å². The minimum Gasteiger partial charge on any atom is -0.262 e. The van der Waals surface area contributed by atoms with E-state index in [2.05, 4.69) is 15.1 Å². The van der Waals surface area contributed by atoms with Gasteiger partial charge in [-0.2, -0.15) is 18.3 Å². The Hall–Kier alpha value is -2.70. The lowest BCUT2D eigenvalue weighted by atomic mass is 10.1. The number of nitrogens with zero attached hydrogens (tertiary/aromatic N) is 4. The van der Waals surface area contributed by atoms with Crippen LogP contribution in [0.15, 0.2) is 49.1 Å². The fraction of sp³-hybridized carbons (Fsp3) is 0.133. The Balaban J connectivity index is 2.05. The molecule has 22 heavy (non-hydrogen) atoms. The standard InChI is InChI=1S/C15H11F3N4/c1-10-13(9-22(21-10)12-3-2-5-19-8-12)14-7-11(4-6-20-14)15(16,17)18/h2-9H,1H3. The number of hydrogen-bond acceptors (Lipinski definition) is 3. The third-order valence-electron chi connectivity index (χ3n) is 3.17. The molecule has 4 nitrogen and oxygen atoms in total. The number of halogens is 3. The van der Waals surface area contributed by atoms with Gasteiger partial charge in [-0.05, 0) is 31.2 Å². The lowest BCUT2D eigenvalue weighted by Gasteiger charge is -2.07. The molecule has 0 saturated heterocycles. The second kappa shape index (κ2) is 5.25. The molecule has 0 spiro atoms. The van der Waals surface area contributed by atoms with E-state index < -0.39 is 11.7 Å². The lowest BCUT2D eigenvalue weighted by Crippen LogP contribution is -2.05. The first-order valence-electron chi connectivity index (χ1n) is 6.45. The summed E-state index contributed by atoms with van der Waals surface area (Å²) in [5.74, 6) is 0. The summed E-state index contributed by atoms with van der Waals surface area (Å²) in [4.78, 5) is 8.02. The average molecular weight is 304 g/mol. The zero-order valence-corrected chi connectivity index (χ0v) is 11.5. The Morgan fingerprint density at radius 1 is 1.14 bits per heavy atom. The Morgan fingerprint density at radius 3 is 2.64 bits per heavy atom. The highest BCUT2D eigenvalue weighted by molar-refractivity contribution is 5.62. The molecule has 0 radical (unpaired) electrons. The predicted octanol–water partition coefficient (Wildman–Crippen LogP) is 3.66. The van der Waals surface area contributed by atoms with Crippen LogP contribution in [-0.4, -0.2) is 19.7 Å². The number of rotatable bonds is 2. The quantitative estimate of drug-likeness (QED) is 0.725. The highest BCUT2D eigenvalue weighted by Crippen LogP contribution is 2.32. The summed E-state index contributed by atoms with van der Waals surface area (Å²) >= 11 is 0. The molecule has 0 N–H and O–H groups in total. The molecule has 0 fully saturated rings. The fourth-order valence-electron chi connectivity index (χ4n) is 2.09. The van der Waals surface area contributed by atoms with Crippen LogP contribution >= 0.6 is 0 Å². The first-order valence-corrected chi connectivity index (χ1v) is 6.45. The summed E-state index contributed by atoms with van der Waals surface area (Å²) in [5, 5.41) is 4.30. The van der Waals surface area contributed by atoms with Crippen LogP contribution in [0.25, 0.3) is 16.9 Å². The van der Waals surface area contributed by atoms with Crippen molar-refractivity contribution < 1.29 is 13.2 Å². The molecule has 112 valence electrons. The van der Waals surface area contributed by atoms with Crippen molar-refractivity contribution in [3.05, 3.63) is 60.3 Å². The van der Waals surface area contributed by atoms with Gasteiger partial charge in [0.05, 0.1) is 28.8 Å². The van der Waals surface area contributed by atoms with Crippen LogP contribution in [0.4, 0.5) is 13.2 Å². The van der Waals surface area contributed by atoms with Crippen LogP contribution < -0.4 is 0 Å². The molecule has 3 aromatic heterocycles. The Kier molecular flexibility index (Phi) is 3.40. The Bertz CT molecular complexity index is 794. The number of pyridine rings is 2. The van der Waals surface area contributed by atoms with Crippen molar-refractivity contribution in [3.8, 4) is 16.9 Å². The van der Waals surface area contributed by atoms with E-state index in [1.807, 2.05) is 6.07 Å². The van der Waals surface area contributed by atoms with Crippen molar-refractivity contribution in [1.29, 1.82) is 0 Å². The summed E-state index contributed by atoms with van der Waals surface area (Å²) in [5.41, 5.74) is 1.38. The highest BCUT2D eigenvalue weighted by Gasteiger charge is 2.31. The lowest BCUT2D eigenvalue weighted by molar-refractivity contribution is -0.137. The molecular weight excluding hydrogens is 293 g/mol. The van der Waals surface area contributed by atoms with E-state index >= 15 is 0 Å². The molecule has 0 bridgehead atoms. The molecule has 0 aromatic carbocycles. The SMILES string of the molecule is Cc1nn(-c2cccnc2)cc1-c1cc(C(F)(F)F)ccn1. The topological polar surface area (TPSA) is 43.6 Å². The number of hydrogen-bond donors (Lipinski definition) is 0. The first kappa shape index (κ1) is 14.2. The minimum absolute atomic E-state index is 0.238. The summed E-state index contributed by atoms with van der Waals surface area (Å²) in [7, 11) is 0. The molecule has 0 atom stereocenters. The van der Waals surface area contributed by atoms with Gasteiger partial charge in [0.2, 0.25) is 0 Å². The van der Waals surface area contributed by atoms with Gasteiger partial charge in [-0.25, -0.2) is 4.68 Å². The first-order chi connectivity index (χ1) is 10.4. The van der Waals surface area contributed by atoms with Crippen LogP contribution in [-0.2, 0) is 6.18 Å². The van der Waals surface area contributed by atoms with E-state index in [4.69, 9.17) is 0 Å². The average Bonchev–Trinajstić information content (AvgIpc) is 2.89. The summed E-state index contributed by atoms with van der Waals surface area (Å²) in [6, 6.07) is 5.54. The van der Waals surface area contributed by atoms with Crippen molar-refractivity contribution in [2.24, 2.45) is 0 Å². The summed E-state index contributed by atoms with van der Waals surface area (Å²) in [6.45, 7) is 1.73. The van der Waals surface area contributed by atoms with Crippen molar-refractivity contribution in [2.75, 3.05) is 0 Å². The fourth-order valence-corrected chi connectivity index (χ4v) is 2.09. The van der Waals surface area contributed by atoms with E-state index in [0.29, 0.717) is 11.3 Å². The summed E-state index contributed by atoms with van der Waals surface area (Å²) in [6.07, 6.45) is 1.66. The van der Waals surface area contributed by atoms with Gasteiger partial charge in [-0.15, -0.1) is 0 Å². The monoisotopic (exact) mass is 304 g/mol. The van der Waals surface area contributed by atoms with Gasteiger partial charge in [0.25, 0.3) is 0 Å². The van der Waals surface area contributed by atoms with Crippen molar-refractivity contribution in [1.82, 2.24) is 19.7 Å². The minimum atomic E-state index is -4.40. The number of aromatic nitrogens is 4. The molecule has 3 aromatic rings. The number of aryl methyl sites for hydroxylation is 1. The molecule has 0 saturated carbocycles. The maximum absolute atomic E-state index is 12.8. The zero-order valence-electron chi connectivity index (χ0n) is 11.5. The van der Waals surface area contributed by atoms with E-state index in [-0.39, 0.29) is 5.69 Å². The van der Waals surface area contributed by atoms with Crippen molar-refractivity contribution in [3.63, 3.8) is 0 Å². The molecule has 3 heterocycles. The van der Waals surface area contributed by atoms with Gasteiger partial charge >= 0.3 is 6.18 Å². The van der Waals surface area contributed by atoms with Crippen LogP contribution in [0.3, 0.4) is 0 Å².